The number of rotatable bonds is 6. The fourth-order valence-corrected chi connectivity index (χ4v) is 2.44. The van der Waals surface area contributed by atoms with Gasteiger partial charge in [-0.3, -0.25) is 14.2 Å². The summed E-state index contributed by atoms with van der Waals surface area (Å²) < 4.78 is 1.17. The Morgan fingerprint density at radius 1 is 1.35 bits per heavy atom. The Hall–Kier alpha value is -2.70. The third-order valence-electron chi connectivity index (χ3n) is 3.68. The molecule has 0 aliphatic heterocycles. The predicted molar refractivity (Wildman–Crippen MR) is 85.1 cm³/mol. The Morgan fingerprint density at radius 3 is 2.70 bits per heavy atom. The van der Waals surface area contributed by atoms with Crippen LogP contribution in [0.3, 0.4) is 0 Å². The number of fused-ring (bicyclic) bond motifs is 1. The zero-order chi connectivity index (χ0) is 17.0. The molecule has 2 aromatic rings. The van der Waals surface area contributed by atoms with E-state index in [1.165, 1.54) is 17.8 Å². The zero-order valence-electron chi connectivity index (χ0n) is 13.1. The lowest BCUT2D eigenvalue weighted by Gasteiger charge is -2.25. The summed E-state index contributed by atoms with van der Waals surface area (Å²) in [6.45, 7) is 3.02. The second-order valence-electron chi connectivity index (χ2n) is 5.63. The number of nitrogens with zero attached hydrogens (tertiary/aromatic N) is 2. The minimum Gasteiger partial charge on any atom is -0.480 e. The van der Waals surface area contributed by atoms with Gasteiger partial charge in [0.25, 0.3) is 5.56 Å². The second kappa shape index (κ2) is 6.60. The van der Waals surface area contributed by atoms with Crippen molar-refractivity contribution in [2.75, 3.05) is 0 Å². The van der Waals surface area contributed by atoms with Crippen molar-refractivity contribution in [3.63, 3.8) is 0 Å². The monoisotopic (exact) mass is 317 g/mol. The molecule has 7 nitrogen and oxygen atoms in total. The molecule has 0 saturated heterocycles. The van der Waals surface area contributed by atoms with Gasteiger partial charge in [0.05, 0.1) is 17.2 Å². The predicted octanol–water partition coefficient (Wildman–Crippen LogP) is 1.16. The summed E-state index contributed by atoms with van der Waals surface area (Å²) in [7, 11) is 0. The zero-order valence-corrected chi connectivity index (χ0v) is 13.1. The summed E-state index contributed by atoms with van der Waals surface area (Å²) in [6, 6.07) is 6.84. The topological polar surface area (TPSA) is 101 Å². The van der Waals surface area contributed by atoms with E-state index in [0.717, 1.165) is 0 Å². The fraction of sp³-hybridized carbons (Fsp3) is 0.375. The number of carbonyl (C=O) groups is 2. The van der Waals surface area contributed by atoms with Gasteiger partial charge in [-0.1, -0.05) is 25.5 Å². The number of nitrogens with one attached hydrogen (secondary N) is 1. The summed E-state index contributed by atoms with van der Waals surface area (Å²) in [4.78, 5) is 39.9. The van der Waals surface area contributed by atoms with Gasteiger partial charge in [0.1, 0.15) is 12.1 Å². The number of carboxylic acid groups (broad SMARTS) is 1. The molecule has 0 bridgehead atoms. The molecule has 0 fully saturated rings. The standard InChI is InChI=1S/C16H19N3O4/c1-3-8-16(2,15(22)23)18-13(20)9-19-10-17-12-7-5-4-6-11(12)14(19)21/h4-7,10H,3,8-9H2,1-2H3,(H,18,20)(H,22,23). The molecule has 122 valence electrons. The van der Waals surface area contributed by atoms with E-state index in [2.05, 4.69) is 10.3 Å². The molecule has 0 spiro atoms. The quantitative estimate of drug-likeness (QED) is 0.832. The maximum absolute atomic E-state index is 12.3. The van der Waals surface area contributed by atoms with Crippen LogP contribution >= 0.6 is 0 Å². The molecule has 0 aliphatic carbocycles. The Labute approximate surface area is 133 Å². The van der Waals surface area contributed by atoms with Crippen molar-refractivity contribution in [1.29, 1.82) is 0 Å². The van der Waals surface area contributed by atoms with Crippen LogP contribution in [0.25, 0.3) is 10.9 Å². The molecule has 0 aliphatic rings. The maximum Gasteiger partial charge on any atom is 0.329 e. The van der Waals surface area contributed by atoms with Crippen LogP contribution in [0.5, 0.6) is 0 Å². The molecule has 0 radical (unpaired) electrons. The van der Waals surface area contributed by atoms with Crippen LogP contribution in [0.4, 0.5) is 0 Å². The Morgan fingerprint density at radius 2 is 2.04 bits per heavy atom. The summed E-state index contributed by atoms with van der Waals surface area (Å²) >= 11 is 0. The summed E-state index contributed by atoms with van der Waals surface area (Å²) in [6.07, 6.45) is 2.21. The highest BCUT2D eigenvalue weighted by Crippen LogP contribution is 2.12. The van der Waals surface area contributed by atoms with E-state index in [1.807, 2.05) is 6.92 Å². The third-order valence-corrected chi connectivity index (χ3v) is 3.68. The summed E-state index contributed by atoms with van der Waals surface area (Å²) in [5, 5.41) is 12.2. The van der Waals surface area contributed by atoms with E-state index in [1.54, 1.807) is 24.3 Å². The lowest BCUT2D eigenvalue weighted by atomic mass is 9.96. The van der Waals surface area contributed by atoms with E-state index >= 15 is 0 Å². The molecule has 1 atom stereocenters. The molecule has 1 aromatic heterocycles. The van der Waals surface area contributed by atoms with Crippen LogP contribution in [0.1, 0.15) is 26.7 Å². The number of hydrogen-bond acceptors (Lipinski definition) is 4. The molecule has 1 unspecified atom stereocenters. The average Bonchev–Trinajstić information content (AvgIpc) is 2.50. The molecule has 1 aromatic carbocycles. The number of hydrogen-bond donors (Lipinski definition) is 2. The number of carbonyl (C=O) groups excluding carboxylic acids is 1. The van der Waals surface area contributed by atoms with Crippen molar-refractivity contribution in [1.82, 2.24) is 14.9 Å². The van der Waals surface area contributed by atoms with Crippen LogP contribution in [0.15, 0.2) is 35.4 Å². The number of aliphatic carboxylic acids is 1. The van der Waals surface area contributed by atoms with Crippen LogP contribution in [0, 0.1) is 0 Å². The first-order valence-electron chi connectivity index (χ1n) is 7.36. The van der Waals surface area contributed by atoms with Crippen molar-refractivity contribution in [2.24, 2.45) is 0 Å². The molecule has 7 heteroatoms. The maximum atomic E-state index is 12.3. The largest absolute Gasteiger partial charge is 0.480 e. The van der Waals surface area contributed by atoms with E-state index in [4.69, 9.17) is 0 Å². The lowest BCUT2D eigenvalue weighted by molar-refractivity contribution is -0.147. The first kappa shape index (κ1) is 16.7. The van der Waals surface area contributed by atoms with E-state index < -0.39 is 17.4 Å². The van der Waals surface area contributed by atoms with Gasteiger partial charge in [-0.2, -0.15) is 0 Å². The molecular formula is C16H19N3O4. The van der Waals surface area contributed by atoms with Crippen LogP contribution in [0.2, 0.25) is 0 Å². The van der Waals surface area contributed by atoms with Crippen molar-refractivity contribution in [3.05, 3.63) is 40.9 Å². The number of carboxylic acids is 1. The van der Waals surface area contributed by atoms with Gasteiger partial charge in [-0.25, -0.2) is 9.78 Å². The van der Waals surface area contributed by atoms with E-state index in [-0.39, 0.29) is 12.1 Å². The second-order valence-corrected chi connectivity index (χ2v) is 5.63. The molecule has 2 N–H and O–H groups in total. The van der Waals surface area contributed by atoms with Gasteiger partial charge in [0.15, 0.2) is 0 Å². The summed E-state index contributed by atoms with van der Waals surface area (Å²) in [5.41, 5.74) is -1.13. The lowest BCUT2D eigenvalue weighted by Crippen LogP contribution is -2.53. The Kier molecular flexibility index (Phi) is 4.78. The van der Waals surface area contributed by atoms with Gasteiger partial charge in [0.2, 0.25) is 5.91 Å². The van der Waals surface area contributed by atoms with Crippen molar-refractivity contribution in [2.45, 2.75) is 38.8 Å². The Bertz CT molecular complexity index is 799. The average molecular weight is 317 g/mol. The number of para-hydroxylation sites is 1. The van der Waals surface area contributed by atoms with E-state index in [9.17, 15) is 19.5 Å². The first-order chi connectivity index (χ1) is 10.9. The van der Waals surface area contributed by atoms with Crippen LogP contribution in [-0.2, 0) is 16.1 Å². The third kappa shape index (κ3) is 3.56. The summed E-state index contributed by atoms with van der Waals surface area (Å²) in [5.74, 6) is -1.64. The molecule has 1 amide bonds. The van der Waals surface area contributed by atoms with Crippen molar-refractivity contribution < 1.29 is 14.7 Å². The molecule has 0 saturated carbocycles. The first-order valence-corrected chi connectivity index (χ1v) is 7.36. The van der Waals surface area contributed by atoms with Crippen molar-refractivity contribution in [3.8, 4) is 0 Å². The number of amides is 1. The van der Waals surface area contributed by atoms with Gasteiger partial charge < -0.3 is 10.4 Å². The number of aromatic nitrogens is 2. The van der Waals surface area contributed by atoms with Crippen molar-refractivity contribution >= 4 is 22.8 Å². The van der Waals surface area contributed by atoms with Gasteiger partial charge in [-0.15, -0.1) is 0 Å². The fourth-order valence-electron chi connectivity index (χ4n) is 2.44. The van der Waals surface area contributed by atoms with Gasteiger partial charge >= 0.3 is 5.97 Å². The Balaban J connectivity index is 2.22. The highest BCUT2D eigenvalue weighted by atomic mass is 16.4. The SMILES string of the molecule is CCCC(C)(NC(=O)Cn1cnc2ccccc2c1=O)C(=O)O. The van der Waals surface area contributed by atoms with E-state index in [0.29, 0.717) is 23.7 Å². The van der Waals surface area contributed by atoms with Gasteiger partial charge in [0, 0.05) is 0 Å². The smallest absolute Gasteiger partial charge is 0.329 e. The van der Waals surface area contributed by atoms with Gasteiger partial charge in [-0.05, 0) is 25.5 Å². The molecule has 2 rings (SSSR count). The molecule has 23 heavy (non-hydrogen) atoms. The van der Waals surface area contributed by atoms with Crippen LogP contribution in [-0.4, -0.2) is 32.1 Å². The van der Waals surface area contributed by atoms with Crippen LogP contribution < -0.4 is 10.9 Å². The minimum absolute atomic E-state index is 0.275. The normalized spacial score (nSPS) is 13.5. The molecule has 1 heterocycles. The highest BCUT2D eigenvalue weighted by molar-refractivity contribution is 5.86. The minimum atomic E-state index is -1.35. The highest BCUT2D eigenvalue weighted by Gasteiger charge is 2.33. The number of benzene rings is 1. The molecular weight excluding hydrogens is 298 g/mol.